The molecule has 1 aliphatic rings. The maximum Gasteiger partial charge on any atom is 0.167 e. The monoisotopic (exact) mass is 269 g/mol. The number of anilines is 1. The fraction of sp³-hybridized carbons (Fsp3) is 0.188. The fourth-order valence-electron chi connectivity index (χ4n) is 2.50. The second kappa shape index (κ2) is 4.89. The van der Waals surface area contributed by atoms with Gasteiger partial charge in [-0.05, 0) is 29.8 Å². The number of phenolic OH excluding ortho intramolecular Hbond substituents is 1. The predicted octanol–water partition coefficient (Wildman–Crippen LogP) is 3.14. The number of aromatic hydroxyl groups is 1. The van der Waals surface area contributed by atoms with Gasteiger partial charge in [-0.1, -0.05) is 18.2 Å². The van der Waals surface area contributed by atoms with Gasteiger partial charge in [0.15, 0.2) is 17.3 Å². The number of carbonyl (C=O) groups is 1. The van der Waals surface area contributed by atoms with Crippen LogP contribution in [-0.2, 0) is 0 Å². The van der Waals surface area contributed by atoms with Gasteiger partial charge in [-0.2, -0.15) is 0 Å². The van der Waals surface area contributed by atoms with Crippen LogP contribution in [0.1, 0.15) is 28.4 Å². The van der Waals surface area contributed by atoms with Crippen molar-refractivity contribution < 1.29 is 14.6 Å². The van der Waals surface area contributed by atoms with Gasteiger partial charge in [-0.25, -0.2) is 0 Å². The Kier molecular flexibility index (Phi) is 3.06. The first-order valence-electron chi connectivity index (χ1n) is 6.44. The van der Waals surface area contributed by atoms with Crippen LogP contribution in [0, 0.1) is 0 Å². The van der Waals surface area contributed by atoms with Crippen LogP contribution in [0.2, 0.25) is 0 Å². The van der Waals surface area contributed by atoms with Gasteiger partial charge in [-0.15, -0.1) is 0 Å². The summed E-state index contributed by atoms with van der Waals surface area (Å²) in [5.74, 6) is 0.630. The van der Waals surface area contributed by atoms with Crippen molar-refractivity contribution in [3.63, 3.8) is 0 Å². The number of hydrogen-bond donors (Lipinski definition) is 2. The predicted molar refractivity (Wildman–Crippen MR) is 76.4 cm³/mol. The standard InChI is InChI=1S/C16H15NO3/c1-20-16-8-10(6-7-14(16)18)13-9-15(19)11-4-2-3-5-12(11)17-13/h2-8,13,17-18H,9H2,1H3. The second-order valence-electron chi connectivity index (χ2n) is 4.80. The molecular weight excluding hydrogens is 254 g/mol. The smallest absolute Gasteiger partial charge is 0.167 e. The van der Waals surface area contributed by atoms with Crippen molar-refractivity contribution in [3.8, 4) is 11.5 Å². The maximum absolute atomic E-state index is 12.2. The van der Waals surface area contributed by atoms with E-state index in [-0.39, 0.29) is 17.6 Å². The molecule has 2 N–H and O–H groups in total. The lowest BCUT2D eigenvalue weighted by Gasteiger charge is -2.26. The zero-order chi connectivity index (χ0) is 14.1. The molecule has 0 spiro atoms. The van der Waals surface area contributed by atoms with Crippen LogP contribution in [-0.4, -0.2) is 18.0 Å². The van der Waals surface area contributed by atoms with Gasteiger partial charge in [0, 0.05) is 17.7 Å². The number of methoxy groups -OCH3 is 1. The Morgan fingerprint density at radius 3 is 2.85 bits per heavy atom. The molecule has 0 bridgehead atoms. The molecule has 0 aromatic heterocycles. The van der Waals surface area contributed by atoms with Crippen LogP contribution in [0.25, 0.3) is 0 Å². The Morgan fingerprint density at radius 1 is 1.25 bits per heavy atom. The number of Topliss-reactive ketones (excluding diaryl/α,β-unsaturated/α-hetero) is 1. The van der Waals surface area contributed by atoms with E-state index in [9.17, 15) is 9.90 Å². The van der Waals surface area contributed by atoms with E-state index in [4.69, 9.17) is 4.74 Å². The molecular formula is C16H15NO3. The van der Waals surface area contributed by atoms with Crippen LogP contribution in [0.15, 0.2) is 42.5 Å². The van der Waals surface area contributed by atoms with E-state index in [0.717, 1.165) is 16.8 Å². The van der Waals surface area contributed by atoms with Crippen molar-refractivity contribution in [2.75, 3.05) is 12.4 Å². The van der Waals surface area contributed by atoms with Gasteiger partial charge in [0.25, 0.3) is 0 Å². The molecule has 4 heteroatoms. The molecule has 0 saturated carbocycles. The molecule has 102 valence electrons. The number of phenols is 1. The number of hydrogen-bond acceptors (Lipinski definition) is 4. The number of para-hydroxylation sites is 1. The van der Waals surface area contributed by atoms with Gasteiger partial charge in [0.05, 0.1) is 13.2 Å². The Morgan fingerprint density at radius 2 is 2.05 bits per heavy atom. The number of ether oxygens (including phenoxy) is 1. The molecule has 0 fully saturated rings. The average Bonchev–Trinajstić information content (AvgIpc) is 2.47. The minimum atomic E-state index is -0.105. The number of nitrogens with one attached hydrogen (secondary N) is 1. The molecule has 4 nitrogen and oxygen atoms in total. The van der Waals surface area contributed by atoms with E-state index in [1.54, 1.807) is 18.2 Å². The van der Waals surface area contributed by atoms with E-state index in [2.05, 4.69) is 5.32 Å². The van der Waals surface area contributed by atoms with E-state index in [1.165, 1.54) is 7.11 Å². The van der Waals surface area contributed by atoms with Gasteiger partial charge in [0.1, 0.15) is 0 Å². The molecule has 1 unspecified atom stereocenters. The first kappa shape index (κ1) is 12.5. The molecule has 1 aliphatic heterocycles. The first-order valence-corrected chi connectivity index (χ1v) is 6.44. The van der Waals surface area contributed by atoms with Crippen LogP contribution in [0.4, 0.5) is 5.69 Å². The lowest BCUT2D eigenvalue weighted by molar-refractivity contribution is 0.0972. The van der Waals surface area contributed by atoms with Crippen molar-refractivity contribution in [2.45, 2.75) is 12.5 Å². The molecule has 3 rings (SSSR count). The van der Waals surface area contributed by atoms with E-state index in [0.29, 0.717) is 12.2 Å². The zero-order valence-corrected chi connectivity index (χ0v) is 11.1. The Balaban J connectivity index is 1.95. The van der Waals surface area contributed by atoms with E-state index in [1.807, 2.05) is 24.3 Å². The maximum atomic E-state index is 12.2. The van der Waals surface area contributed by atoms with E-state index >= 15 is 0 Å². The third kappa shape index (κ3) is 2.09. The lowest BCUT2D eigenvalue weighted by Crippen LogP contribution is -2.22. The minimum Gasteiger partial charge on any atom is -0.504 e. The van der Waals surface area contributed by atoms with Crippen molar-refractivity contribution in [1.29, 1.82) is 0 Å². The number of ketones is 1. The highest BCUT2D eigenvalue weighted by molar-refractivity contribution is 6.03. The molecule has 0 aliphatic carbocycles. The number of fused-ring (bicyclic) bond motifs is 1. The summed E-state index contributed by atoms with van der Waals surface area (Å²) in [4.78, 5) is 12.2. The Hall–Kier alpha value is -2.49. The van der Waals surface area contributed by atoms with E-state index < -0.39 is 0 Å². The highest BCUT2D eigenvalue weighted by Gasteiger charge is 2.25. The molecule has 1 atom stereocenters. The molecule has 2 aromatic rings. The summed E-state index contributed by atoms with van der Waals surface area (Å²) in [7, 11) is 1.51. The van der Waals surface area contributed by atoms with Crippen LogP contribution >= 0.6 is 0 Å². The quantitative estimate of drug-likeness (QED) is 0.879. The molecule has 0 saturated heterocycles. The molecule has 20 heavy (non-hydrogen) atoms. The summed E-state index contributed by atoms with van der Waals surface area (Å²) in [5, 5.41) is 13.0. The Labute approximate surface area is 117 Å². The van der Waals surface area contributed by atoms with Gasteiger partial charge < -0.3 is 15.2 Å². The summed E-state index contributed by atoms with van der Waals surface area (Å²) in [6.45, 7) is 0. The highest BCUT2D eigenvalue weighted by Crippen LogP contribution is 2.35. The summed E-state index contributed by atoms with van der Waals surface area (Å²) in [5.41, 5.74) is 2.50. The molecule has 0 amide bonds. The van der Waals surface area contributed by atoms with Crippen molar-refractivity contribution in [1.82, 2.24) is 0 Å². The average molecular weight is 269 g/mol. The van der Waals surface area contributed by atoms with Crippen molar-refractivity contribution >= 4 is 11.5 Å². The fourth-order valence-corrected chi connectivity index (χ4v) is 2.50. The van der Waals surface area contributed by atoms with Crippen LogP contribution in [0.3, 0.4) is 0 Å². The largest absolute Gasteiger partial charge is 0.504 e. The molecule has 2 aromatic carbocycles. The van der Waals surface area contributed by atoms with Gasteiger partial charge in [0.2, 0.25) is 0 Å². The SMILES string of the molecule is COc1cc(C2CC(=O)c3ccccc3N2)ccc1O. The van der Waals surface area contributed by atoms with Gasteiger partial charge in [-0.3, -0.25) is 4.79 Å². The highest BCUT2D eigenvalue weighted by atomic mass is 16.5. The minimum absolute atomic E-state index is 0.0961. The van der Waals surface area contributed by atoms with Crippen molar-refractivity contribution in [3.05, 3.63) is 53.6 Å². The zero-order valence-electron chi connectivity index (χ0n) is 11.1. The van der Waals surface area contributed by atoms with Crippen molar-refractivity contribution in [2.24, 2.45) is 0 Å². The number of benzene rings is 2. The third-order valence-electron chi connectivity index (χ3n) is 3.55. The molecule has 1 heterocycles. The molecule has 0 radical (unpaired) electrons. The van der Waals surface area contributed by atoms with Gasteiger partial charge >= 0.3 is 0 Å². The number of rotatable bonds is 2. The second-order valence-corrected chi connectivity index (χ2v) is 4.80. The summed E-state index contributed by atoms with van der Waals surface area (Å²) in [6.07, 6.45) is 0.394. The normalized spacial score (nSPS) is 17.2. The summed E-state index contributed by atoms with van der Waals surface area (Å²) < 4.78 is 5.11. The third-order valence-corrected chi connectivity index (χ3v) is 3.55. The number of carbonyl (C=O) groups excluding carboxylic acids is 1. The van der Waals surface area contributed by atoms with Crippen LogP contribution in [0.5, 0.6) is 11.5 Å². The topological polar surface area (TPSA) is 58.6 Å². The summed E-state index contributed by atoms with van der Waals surface area (Å²) >= 11 is 0. The first-order chi connectivity index (χ1) is 9.69. The summed E-state index contributed by atoms with van der Waals surface area (Å²) in [6, 6.07) is 12.5. The Bertz CT molecular complexity index is 667. The van der Waals surface area contributed by atoms with Crippen LogP contribution < -0.4 is 10.1 Å². The lowest BCUT2D eigenvalue weighted by atomic mass is 9.92.